The molecule has 2 aromatic carbocycles. The van der Waals surface area contributed by atoms with Crippen molar-refractivity contribution < 1.29 is 14.3 Å². The van der Waals surface area contributed by atoms with Gasteiger partial charge in [0.15, 0.2) is 0 Å². The Kier molecular flexibility index (Phi) is 5.36. The number of methoxy groups -OCH3 is 1. The summed E-state index contributed by atoms with van der Waals surface area (Å²) in [5.74, 6) is 0.571. The van der Waals surface area contributed by atoms with Crippen molar-refractivity contribution in [3.05, 3.63) is 70.0 Å². The molecule has 0 bridgehead atoms. The average molecular weight is 392 g/mol. The second-order valence-corrected chi connectivity index (χ2v) is 7.29. The molecule has 1 aliphatic heterocycles. The van der Waals surface area contributed by atoms with Gasteiger partial charge in [0.2, 0.25) is 0 Å². The molecule has 6 nitrogen and oxygen atoms in total. The Labute approximate surface area is 169 Å². The first-order valence-electron chi connectivity index (χ1n) is 9.75. The Morgan fingerprint density at radius 2 is 2.07 bits per heavy atom. The molecular formula is C23H24N2O4. The van der Waals surface area contributed by atoms with E-state index in [2.05, 4.69) is 4.98 Å². The normalized spacial score (nSPS) is 16.1. The van der Waals surface area contributed by atoms with Crippen molar-refractivity contribution in [3.8, 4) is 5.75 Å². The number of nitrogens with one attached hydrogen (secondary N) is 1. The van der Waals surface area contributed by atoms with Crippen molar-refractivity contribution in [2.75, 3.05) is 18.6 Å². The highest BCUT2D eigenvalue weighted by molar-refractivity contribution is 5.97. The number of anilines is 1. The SMILES string of the molecule is COc1ccc2cc(CN(C(=O)C3CCCO3)c3ccccc3C)c(=O)[nH]c2c1. The van der Waals surface area contributed by atoms with Crippen molar-refractivity contribution in [1.82, 2.24) is 4.98 Å². The maximum Gasteiger partial charge on any atom is 0.256 e. The first-order valence-corrected chi connectivity index (χ1v) is 9.75. The van der Waals surface area contributed by atoms with Gasteiger partial charge in [0, 0.05) is 23.9 Å². The van der Waals surface area contributed by atoms with Gasteiger partial charge >= 0.3 is 0 Å². The molecule has 2 heterocycles. The van der Waals surface area contributed by atoms with E-state index in [-0.39, 0.29) is 18.0 Å². The lowest BCUT2D eigenvalue weighted by atomic mass is 10.1. The highest BCUT2D eigenvalue weighted by Gasteiger charge is 2.30. The van der Waals surface area contributed by atoms with Crippen molar-refractivity contribution >= 4 is 22.5 Å². The van der Waals surface area contributed by atoms with E-state index < -0.39 is 6.10 Å². The summed E-state index contributed by atoms with van der Waals surface area (Å²) in [7, 11) is 1.59. The van der Waals surface area contributed by atoms with E-state index in [1.54, 1.807) is 18.1 Å². The van der Waals surface area contributed by atoms with Crippen molar-refractivity contribution in [1.29, 1.82) is 0 Å². The number of pyridine rings is 1. The molecule has 0 saturated carbocycles. The minimum absolute atomic E-state index is 0.106. The van der Waals surface area contributed by atoms with Crippen molar-refractivity contribution in [3.63, 3.8) is 0 Å². The number of H-pyrrole nitrogens is 1. The third-order valence-electron chi connectivity index (χ3n) is 5.34. The summed E-state index contributed by atoms with van der Waals surface area (Å²) in [5.41, 5.74) is 2.77. The van der Waals surface area contributed by atoms with Gasteiger partial charge in [-0.15, -0.1) is 0 Å². The molecule has 1 aliphatic rings. The zero-order chi connectivity index (χ0) is 20.4. The van der Waals surface area contributed by atoms with Crippen molar-refractivity contribution in [2.45, 2.75) is 32.4 Å². The van der Waals surface area contributed by atoms with Crippen LogP contribution in [0.15, 0.2) is 53.3 Å². The van der Waals surface area contributed by atoms with E-state index in [1.807, 2.05) is 49.4 Å². The van der Waals surface area contributed by atoms with Gasteiger partial charge in [-0.05, 0) is 55.0 Å². The zero-order valence-electron chi connectivity index (χ0n) is 16.6. The second-order valence-electron chi connectivity index (χ2n) is 7.29. The number of benzene rings is 2. The van der Waals surface area contributed by atoms with E-state index in [0.717, 1.165) is 23.1 Å². The van der Waals surface area contributed by atoms with Gasteiger partial charge in [0.1, 0.15) is 11.9 Å². The Hall–Kier alpha value is -3.12. The van der Waals surface area contributed by atoms with Gasteiger partial charge < -0.3 is 19.4 Å². The molecule has 150 valence electrons. The molecule has 1 fully saturated rings. The quantitative estimate of drug-likeness (QED) is 0.721. The second kappa shape index (κ2) is 8.09. The summed E-state index contributed by atoms with van der Waals surface area (Å²) in [6.45, 7) is 2.74. The van der Waals surface area contributed by atoms with Crippen LogP contribution in [0.3, 0.4) is 0 Å². The highest BCUT2D eigenvalue weighted by Crippen LogP contribution is 2.26. The largest absolute Gasteiger partial charge is 0.497 e. The molecule has 1 amide bonds. The first-order chi connectivity index (χ1) is 14.1. The zero-order valence-corrected chi connectivity index (χ0v) is 16.6. The fraction of sp³-hybridized carbons (Fsp3) is 0.304. The molecule has 1 N–H and O–H groups in total. The maximum atomic E-state index is 13.2. The lowest BCUT2D eigenvalue weighted by Crippen LogP contribution is -2.40. The first kappa shape index (κ1) is 19.2. The minimum Gasteiger partial charge on any atom is -0.497 e. The number of amides is 1. The fourth-order valence-corrected chi connectivity index (χ4v) is 3.73. The topological polar surface area (TPSA) is 71.6 Å². The predicted octanol–water partition coefficient (Wildman–Crippen LogP) is 3.56. The molecule has 1 aromatic heterocycles. The Bertz CT molecular complexity index is 1100. The van der Waals surface area contributed by atoms with Crippen molar-refractivity contribution in [2.24, 2.45) is 0 Å². The smallest absolute Gasteiger partial charge is 0.256 e. The molecule has 0 aliphatic carbocycles. The standard InChI is InChI=1S/C23H24N2O4/c1-15-6-3-4-7-20(15)25(23(27)21-8-5-11-29-21)14-17-12-16-9-10-18(28-2)13-19(16)24-22(17)26/h3-4,6-7,9-10,12-13,21H,5,8,11,14H2,1-2H3,(H,24,26). The maximum absolute atomic E-state index is 13.2. The van der Waals surface area contributed by atoms with Crippen LogP contribution in [0.2, 0.25) is 0 Å². The van der Waals surface area contributed by atoms with Crippen LogP contribution in [0.25, 0.3) is 10.9 Å². The lowest BCUT2D eigenvalue weighted by Gasteiger charge is -2.27. The third-order valence-corrected chi connectivity index (χ3v) is 5.34. The fourth-order valence-electron chi connectivity index (χ4n) is 3.73. The predicted molar refractivity (Wildman–Crippen MR) is 112 cm³/mol. The molecule has 0 radical (unpaired) electrons. The van der Waals surface area contributed by atoms with Gasteiger partial charge in [-0.3, -0.25) is 9.59 Å². The number of para-hydroxylation sites is 1. The minimum atomic E-state index is -0.460. The van der Waals surface area contributed by atoms with Crippen LogP contribution < -0.4 is 15.2 Å². The van der Waals surface area contributed by atoms with Crippen LogP contribution in [0, 0.1) is 6.92 Å². The van der Waals surface area contributed by atoms with Crippen LogP contribution in [0.5, 0.6) is 5.75 Å². The van der Waals surface area contributed by atoms with E-state index in [0.29, 0.717) is 29.9 Å². The number of carbonyl (C=O) groups excluding carboxylic acids is 1. The van der Waals surface area contributed by atoms with Crippen LogP contribution in [0.4, 0.5) is 5.69 Å². The molecule has 3 aromatic rings. The highest BCUT2D eigenvalue weighted by atomic mass is 16.5. The van der Waals surface area contributed by atoms with E-state index in [4.69, 9.17) is 9.47 Å². The number of hydrogen-bond donors (Lipinski definition) is 1. The monoisotopic (exact) mass is 392 g/mol. The Morgan fingerprint density at radius 1 is 1.24 bits per heavy atom. The van der Waals surface area contributed by atoms with Crippen LogP contribution in [0.1, 0.15) is 24.0 Å². The number of rotatable bonds is 5. The Morgan fingerprint density at radius 3 is 2.79 bits per heavy atom. The molecule has 0 spiro atoms. The van der Waals surface area contributed by atoms with Crippen LogP contribution in [-0.2, 0) is 16.1 Å². The number of nitrogens with zero attached hydrogens (tertiary/aromatic N) is 1. The van der Waals surface area contributed by atoms with E-state index >= 15 is 0 Å². The molecule has 1 atom stereocenters. The number of carbonyl (C=O) groups is 1. The number of aromatic amines is 1. The van der Waals surface area contributed by atoms with Gasteiger partial charge in [-0.1, -0.05) is 18.2 Å². The molecule has 29 heavy (non-hydrogen) atoms. The van der Waals surface area contributed by atoms with Gasteiger partial charge in [0.25, 0.3) is 11.5 Å². The molecule has 6 heteroatoms. The lowest BCUT2D eigenvalue weighted by molar-refractivity contribution is -0.127. The number of fused-ring (bicyclic) bond motifs is 1. The summed E-state index contributed by atoms with van der Waals surface area (Å²) in [6.07, 6.45) is 1.12. The van der Waals surface area contributed by atoms with Gasteiger partial charge in [0.05, 0.1) is 19.2 Å². The summed E-state index contributed by atoms with van der Waals surface area (Å²) in [5, 5.41) is 0.884. The average Bonchev–Trinajstić information content (AvgIpc) is 3.27. The Balaban J connectivity index is 1.74. The number of ether oxygens (including phenoxy) is 2. The van der Waals surface area contributed by atoms with Crippen LogP contribution in [-0.4, -0.2) is 30.7 Å². The number of hydrogen-bond acceptors (Lipinski definition) is 4. The van der Waals surface area contributed by atoms with Gasteiger partial charge in [-0.25, -0.2) is 0 Å². The van der Waals surface area contributed by atoms with E-state index in [9.17, 15) is 9.59 Å². The number of aromatic nitrogens is 1. The van der Waals surface area contributed by atoms with E-state index in [1.165, 1.54) is 0 Å². The molecular weight excluding hydrogens is 368 g/mol. The summed E-state index contributed by atoms with van der Waals surface area (Å²) < 4.78 is 10.9. The molecule has 1 saturated heterocycles. The summed E-state index contributed by atoms with van der Waals surface area (Å²) >= 11 is 0. The number of aryl methyl sites for hydroxylation is 1. The third kappa shape index (κ3) is 3.89. The van der Waals surface area contributed by atoms with Crippen LogP contribution >= 0.6 is 0 Å². The summed E-state index contributed by atoms with van der Waals surface area (Å²) in [6, 6.07) is 15.1. The molecule has 4 rings (SSSR count). The van der Waals surface area contributed by atoms with Gasteiger partial charge in [-0.2, -0.15) is 0 Å². The summed E-state index contributed by atoms with van der Waals surface area (Å²) in [4.78, 5) is 30.6. The molecule has 1 unspecified atom stereocenters.